The van der Waals surface area contributed by atoms with E-state index in [-0.39, 0.29) is 0 Å². The molecule has 6 nitrogen and oxygen atoms in total. The summed E-state index contributed by atoms with van der Waals surface area (Å²) in [5.41, 5.74) is 29.4. The number of aromatic nitrogens is 6. The summed E-state index contributed by atoms with van der Waals surface area (Å²) < 4.78 is 59.5. The van der Waals surface area contributed by atoms with Crippen LogP contribution in [0, 0.1) is 48.5 Å². The summed E-state index contributed by atoms with van der Waals surface area (Å²) in [4.78, 5) is 0. The van der Waals surface area contributed by atoms with Gasteiger partial charge in [0.15, 0.2) is 37.2 Å². The summed E-state index contributed by atoms with van der Waals surface area (Å²) in [6.45, 7) is 26.0. The van der Waals surface area contributed by atoms with Crippen molar-refractivity contribution in [2.45, 2.75) is 128 Å². The van der Waals surface area contributed by atoms with Crippen LogP contribution in [-0.2, 0) is 80.7 Å². The predicted molar refractivity (Wildman–Crippen MR) is 408 cm³/mol. The maximum absolute atomic E-state index is 7.88. The van der Waals surface area contributed by atoms with E-state index in [0.717, 1.165) is 69.7 Å². The number of hydrogen-bond donors (Lipinski definition) is 0. The molecule has 0 aliphatic rings. The first-order chi connectivity index (χ1) is 48.7. The van der Waals surface area contributed by atoms with Gasteiger partial charge in [-0.15, -0.1) is 0 Å². The van der Waals surface area contributed by atoms with Crippen molar-refractivity contribution < 1.29 is 35.6 Å². The first-order valence-electron chi connectivity index (χ1n) is 37.1. The summed E-state index contributed by atoms with van der Waals surface area (Å²) in [5, 5.41) is 0. The van der Waals surface area contributed by atoms with Crippen LogP contribution in [0.4, 0.5) is 0 Å². The molecule has 0 bridgehead atoms. The van der Waals surface area contributed by atoms with Crippen LogP contribution in [0.1, 0.15) is 122 Å². The lowest BCUT2D eigenvalue weighted by Gasteiger charge is -2.07. The second-order valence-electron chi connectivity index (χ2n) is 25.0. The van der Waals surface area contributed by atoms with Crippen molar-refractivity contribution in [3.63, 3.8) is 0 Å². The molecule has 6 heteroatoms. The van der Waals surface area contributed by atoms with E-state index in [1.807, 2.05) is 129 Å². The Morgan fingerprint density at radius 1 is 0.237 bits per heavy atom. The predicted octanol–water partition coefficient (Wildman–Crippen LogP) is 18.6. The summed E-state index contributed by atoms with van der Waals surface area (Å²) in [6.07, 6.45) is 11.6. The lowest BCUT2D eigenvalue weighted by atomic mass is 10.0. The van der Waals surface area contributed by atoms with Gasteiger partial charge in [-0.05, 0) is 203 Å². The third-order valence-electron chi connectivity index (χ3n) is 18.0. The van der Waals surface area contributed by atoms with Gasteiger partial charge < -0.3 is 0 Å². The van der Waals surface area contributed by atoms with Crippen LogP contribution in [0.5, 0.6) is 0 Å². The highest BCUT2D eigenvalue weighted by Gasteiger charge is 2.18. The van der Waals surface area contributed by atoms with Gasteiger partial charge in [-0.1, -0.05) is 139 Å². The molecule has 0 fully saturated rings. The number of pyridine rings is 6. The van der Waals surface area contributed by atoms with Gasteiger partial charge in [0.2, 0.25) is 34.2 Å². The summed E-state index contributed by atoms with van der Waals surface area (Å²) in [6, 6.07) is 73.1. The van der Waals surface area contributed by atoms with Crippen LogP contribution < -0.4 is 27.4 Å². The molecule has 0 atom stereocenters. The van der Waals surface area contributed by atoms with Crippen LogP contribution in [-0.4, -0.2) is 0 Å². The van der Waals surface area contributed by atoms with Gasteiger partial charge in [0.25, 0.3) is 0 Å². The van der Waals surface area contributed by atoms with E-state index in [0.29, 0.717) is 5.56 Å². The van der Waals surface area contributed by atoms with Gasteiger partial charge in [0.05, 0.1) is 0 Å². The second-order valence-corrected chi connectivity index (χ2v) is 25.0. The van der Waals surface area contributed by atoms with Crippen LogP contribution >= 0.6 is 0 Å². The molecular formula is C91H110N6+6. The Labute approximate surface area is 592 Å². The maximum Gasteiger partial charge on any atom is 0.212 e. The SMILES string of the molecule is CCc1cc[n+](C)c(-c2ccccc2C)c1.CCc1ccc(-c2cccc[n+]2C)c(C)c1.CCc1ccc(-c2ccccc2C)[n+](C)c1.[2H]C([2H])(C)c1c[n+](C)c(-c2ccccc2C)cc1C.[2H]C([2H])(C)c1cc[n+](C)c(-c2ccccc2C)c1.[2H]C([2H])(C)c1ccc(-c2cccc[n+]2C)c(C)c1. The van der Waals surface area contributed by atoms with Crippen molar-refractivity contribution in [1.29, 1.82) is 0 Å². The molecule has 12 aromatic rings. The molecule has 0 spiro atoms. The minimum atomic E-state index is -1.31. The molecule has 12 rings (SSSR count). The number of nitrogens with zero attached hydrogens (tertiary/aromatic N) is 6. The second kappa shape index (κ2) is 36.9. The van der Waals surface area contributed by atoms with E-state index < -0.39 is 19.1 Å². The molecule has 6 heterocycles. The van der Waals surface area contributed by atoms with Gasteiger partial charge in [-0.25, -0.2) is 27.4 Å². The van der Waals surface area contributed by atoms with Gasteiger partial charge in [-0.3, -0.25) is 0 Å². The zero-order valence-corrected chi connectivity index (χ0v) is 61.5. The fourth-order valence-electron chi connectivity index (χ4n) is 11.9. The normalized spacial score (nSPS) is 11.8. The lowest BCUT2D eigenvalue weighted by molar-refractivity contribution is -0.661. The molecule has 0 radical (unpaired) electrons. The molecule has 6 aromatic heterocycles. The van der Waals surface area contributed by atoms with E-state index in [4.69, 9.17) is 8.22 Å². The van der Waals surface area contributed by atoms with Crippen LogP contribution in [0.25, 0.3) is 67.5 Å². The van der Waals surface area contributed by atoms with Gasteiger partial charge in [-0.2, -0.15) is 0 Å². The topological polar surface area (TPSA) is 23.3 Å². The Morgan fingerprint density at radius 3 is 0.959 bits per heavy atom. The Morgan fingerprint density at radius 2 is 0.557 bits per heavy atom. The van der Waals surface area contributed by atoms with Crippen molar-refractivity contribution >= 4 is 0 Å². The number of aryl methyl sites for hydroxylation is 19. The molecule has 0 saturated heterocycles. The first-order valence-corrected chi connectivity index (χ1v) is 34.1. The Kier molecular flexibility index (Phi) is 25.1. The fraction of sp³-hybridized carbons (Fsp3) is 0.275. The lowest BCUT2D eigenvalue weighted by Crippen LogP contribution is -2.32. The van der Waals surface area contributed by atoms with Crippen LogP contribution in [0.2, 0.25) is 0 Å². The molecule has 0 aliphatic carbocycles. The van der Waals surface area contributed by atoms with Crippen LogP contribution in [0.15, 0.2) is 250 Å². The average molecular weight is 1290 g/mol. The summed E-state index contributed by atoms with van der Waals surface area (Å²) in [5.74, 6) is 0. The molecule has 6 aromatic carbocycles. The van der Waals surface area contributed by atoms with Crippen molar-refractivity contribution in [2.75, 3.05) is 0 Å². The molecule has 0 N–H and O–H groups in total. The third-order valence-corrected chi connectivity index (χ3v) is 18.0. The van der Waals surface area contributed by atoms with Crippen molar-refractivity contribution in [1.82, 2.24) is 0 Å². The van der Waals surface area contributed by atoms with E-state index in [9.17, 15) is 0 Å². The van der Waals surface area contributed by atoms with Gasteiger partial charge in [0.1, 0.15) is 42.3 Å². The molecule has 0 saturated carbocycles. The van der Waals surface area contributed by atoms with E-state index >= 15 is 0 Å². The van der Waals surface area contributed by atoms with E-state index in [2.05, 4.69) is 259 Å². The quantitative estimate of drug-likeness (QED) is 0.109. The summed E-state index contributed by atoms with van der Waals surface area (Å²) >= 11 is 0. The fourth-order valence-corrected chi connectivity index (χ4v) is 11.9. The smallest absolute Gasteiger partial charge is 0.201 e. The third kappa shape index (κ3) is 20.4. The average Bonchev–Trinajstić information content (AvgIpc) is 0.810. The van der Waals surface area contributed by atoms with Gasteiger partial charge >= 0.3 is 0 Å². The zero-order valence-electron chi connectivity index (χ0n) is 67.5. The molecular weight excluding hydrogens is 1180 g/mol. The first kappa shape index (κ1) is 65.9. The highest BCUT2D eigenvalue weighted by atomic mass is 14.9. The highest BCUT2D eigenvalue weighted by Crippen LogP contribution is 2.27. The van der Waals surface area contributed by atoms with E-state index in [1.165, 1.54) is 83.8 Å². The number of benzene rings is 6. The van der Waals surface area contributed by atoms with E-state index in [1.54, 1.807) is 20.8 Å². The maximum atomic E-state index is 7.88. The van der Waals surface area contributed by atoms with Gasteiger partial charge in [0, 0.05) is 113 Å². The minimum Gasteiger partial charge on any atom is -0.201 e. The molecule has 0 amide bonds. The number of hydrogen-bond acceptors (Lipinski definition) is 0. The monoisotopic (exact) mass is 1290 g/mol. The Hall–Kier alpha value is -9.78. The molecule has 498 valence electrons. The molecule has 0 aliphatic heterocycles. The standard InChI is InChI=1S/C16H20N.5C15H18N/c1-5-14-11-17(4)16(10-13(14)3)15-9-7-6-8-12(15)2;2*1-4-13-8-9-14(12(2)11-13)15-7-5-6-10-16(15)3;2*1-4-13-9-10-16(3)15(11-13)14-8-6-5-7-12(14)2;1-4-13-9-10-15(16(3)11-13)14-8-6-5-7-12(14)2/h6-11H,5H2,1-4H3;5*5-11H,4H2,1-3H3/q6*+1/i5D2;4D2;;4D2;;. The minimum absolute atomic E-state index is 0.707. The van der Waals surface area contributed by atoms with Crippen molar-refractivity contribution in [3.05, 3.63) is 322 Å². The number of rotatable bonds is 12. The Balaban J connectivity index is 0.000000173. The molecule has 97 heavy (non-hydrogen) atoms. The van der Waals surface area contributed by atoms with Crippen molar-refractivity contribution in [2.24, 2.45) is 42.3 Å². The van der Waals surface area contributed by atoms with Crippen LogP contribution in [0.3, 0.4) is 0 Å². The Bertz CT molecular complexity index is 4730. The highest BCUT2D eigenvalue weighted by molar-refractivity contribution is 5.65. The molecule has 0 unspecified atom stereocenters. The largest absolute Gasteiger partial charge is 0.212 e. The summed E-state index contributed by atoms with van der Waals surface area (Å²) in [7, 11) is 12.3. The zero-order chi connectivity index (χ0) is 75.5. The van der Waals surface area contributed by atoms with Crippen molar-refractivity contribution in [3.8, 4) is 67.5 Å².